The molecule has 5 rings (SSSR count). The van der Waals surface area contributed by atoms with Crippen molar-refractivity contribution in [3.8, 4) is 34.9 Å². The molecule has 2 heterocycles. The van der Waals surface area contributed by atoms with Gasteiger partial charge in [0.15, 0.2) is 0 Å². The van der Waals surface area contributed by atoms with Crippen molar-refractivity contribution in [2.75, 3.05) is 0 Å². The van der Waals surface area contributed by atoms with Gasteiger partial charge < -0.3 is 0 Å². The van der Waals surface area contributed by atoms with E-state index in [9.17, 15) is 4.79 Å². The van der Waals surface area contributed by atoms with Crippen molar-refractivity contribution in [1.29, 1.82) is 0 Å². The molecular formula is C29H32N6O. The van der Waals surface area contributed by atoms with E-state index in [0.717, 1.165) is 46.8 Å². The molecule has 1 aliphatic carbocycles. The number of nitrogens with zero attached hydrogens (tertiary/aromatic N) is 5. The molecule has 7 nitrogen and oxygen atoms in total. The van der Waals surface area contributed by atoms with Crippen LogP contribution in [0.1, 0.15) is 56.2 Å². The Morgan fingerprint density at radius 3 is 2.53 bits per heavy atom. The smallest absolute Gasteiger partial charge is 0.299 e. The van der Waals surface area contributed by atoms with Gasteiger partial charge in [-0.05, 0) is 34.2 Å². The number of imidazole rings is 1. The van der Waals surface area contributed by atoms with Gasteiger partial charge in [0.05, 0.1) is 6.54 Å². The lowest BCUT2D eigenvalue weighted by atomic mass is 9.87. The zero-order valence-electron chi connectivity index (χ0n) is 20.6. The third-order valence-electron chi connectivity index (χ3n) is 7.28. The molecule has 36 heavy (non-hydrogen) atoms. The fourth-order valence-electron chi connectivity index (χ4n) is 5.29. The largest absolute Gasteiger partial charge is 0.328 e. The number of tetrazole rings is 1. The van der Waals surface area contributed by atoms with Crippen LogP contribution in [0.4, 0.5) is 0 Å². The first-order valence-electron chi connectivity index (χ1n) is 12.9. The van der Waals surface area contributed by atoms with Crippen LogP contribution in [0.3, 0.4) is 0 Å². The molecule has 184 valence electrons. The van der Waals surface area contributed by atoms with E-state index in [4.69, 9.17) is 6.42 Å². The molecule has 0 bridgehead atoms. The van der Waals surface area contributed by atoms with Gasteiger partial charge in [0, 0.05) is 36.8 Å². The summed E-state index contributed by atoms with van der Waals surface area (Å²) in [6.07, 6.45) is 16.6. The Balaban J connectivity index is 1.36. The Bertz CT molecular complexity index is 1370. The van der Waals surface area contributed by atoms with Crippen molar-refractivity contribution in [3.05, 3.63) is 76.5 Å². The van der Waals surface area contributed by atoms with Crippen LogP contribution in [0.15, 0.2) is 59.5 Å². The Kier molecular flexibility index (Phi) is 7.41. The molecule has 2 aromatic heterocycles. The van der Waals surface area contributed by atoms with Gasteiger partial charge in [0.1, 0.15) is 0 Å². The Morgan fingerprint density at radius 1 is 1.03 bits per heavy atom. The Morgan fingerprint density at radius 2 is 1.81 bits per heavy atom. The highest BCUT2D eigenvalue weighted by atomic mass is 16.1. The monoisotopic (exact) mass is 480 g/mol. The van der Waals surface area contributed by atoms with Crippen molar-refractivity contribution in [2.24, 2.45) is 5.92 Å². The molecule has 0 unspecified atom stereocenters. The minimum Gasteiger partial charge on any atom is -0.299 e. The topological polar surface area (TPSA) is 81.4 Å². The zero-order valence-corrected chi connectivity index (χ0v) is 20.6. The molecule has 7 heteroatoms. The first-order chi connectivity index (χ1) is 17.7. The molecular weight excluding hydrogens is 448 g/mol. The molecule has 1 aliphatic rings. The lowest BCUT2D eigenvalue weighted by molar-refractivity contribution is 0.322. The summed E-state index contributed by atoms with van der Waals surface area (Å²) in [5.74, 6) is 4.03. The first-order valence-corrected chi connectivity index (χ1v) is 12.9. The van der Waals surface area contributed by atoms with Crippen LogP contribution in [0, 0.1) is 18.3 Å². The minimum atomic E-state index is 0.0596. The summed E-state index contributed by atoms with van der Waals surface area (Å²) in [7, 11) is 0. The highest BCUT2D eigenvalue weighted by molar-refractivity contribution is 5.80. The van der Waals surface area contributed by atoms with Crippen LogP contribution in [0.25, 0.3) is 22.5 Å². The van der Waals surface area contributed by atoms with Gasteiger partial charge >= 0.3 is 5.69 Å². The molecule has 1 fully saturated rings. The van der Waals surface area contributed by atoms with Crippen molar-refractivity contribution in [3.63, 3.8) is 0 Å². The zero-order chi connectivity index (χ0) is 24.7. The van der Waals surface area contributed by atoms with E-state index < -0.39 is 0 Å². The summed E-state index contributed by atoms with van der Waals surface area (Å²) >= 11 is 0. The number of terminal acetylenes is 1. The van der Waals surface area contributed by atoms with Crippen LogP contribution in [0.2, 0.25) is 0 Å². The van der Waals surface area contributed by atoms with Crippen LogP contribution < -0.4 is 5.69 Å². The molecule has 2 aromatic carbocycles. The number of benzene rings is 2. The number of rotatable bonds is 9. The molecule has 0 amide bonds. The highest BCUT2D eigenvalue weighted by Crippen LogP contribution is 2.30. The number of hydrogen-bond donors (Lipinski definition) is 1. The quantitative estimate of drug-likeness (QED) is 0.339. The van der Waals surface area contributed by atoms with Gasteiger partial charge in [-0.2, -0.15) is 5.21 Å². The maximum absolute atomic E-state index is 13.3. The average molecular weight is 481 g/mol. The van der Waals surface area contributed by atoms with Gasteiger partial charge in [-0.15, -0.1) is 22.5 Å². The molecule has 0 radical (unpaired) electrons. The number of aryl methyl sites for hydroxylation is 2. The predicted octanol–water partition coefficient (Wildman–Crippen LogP) is 5.08. The highest BCUT2D eigenvalue weighted by Gasteiger charge is 2.16. The van der Waals surface area contributed by atoms with Crippen LogP contribution in [0.5, 0.6) is 0 Å². The summed E-state index contributed by atoms with van der Waals surface area (Å²) in [5, 5.41) is 14.5. The minimum absolute atomic E-state index is 0.0596. The molecule has 4 aromatic rings. The van der Waals surface area contributed by atoms with Crippen molar-refractivity contribution < 1.29 is 0 Å². The SMILES string of the molecule is C#CCCc1cn(CCC2CCCCC2)c(=O)n1Cc1ccc(-c2ccccc2-c2nn[nH]n2)cc1. The second-order valence-electron chi connectivity index (χ2n) is 9.66. The van der Waals surface area contributed by atoms with E-state index in [-0.39, 0.29) is 5.69 Å². The average Bonchev–Trinajstić information content (AvgIpc) is 3.56. The molecule has 1 N–H and O–H groups in total. The second kappa shape index (κ2) is 11.2. The molecule has 0 atom stereocenters. The number of H-pyrrole nitrogens is 1. The lowest BCUT2D eigenvalue weighted by Gasteiger charge is -2.21. The fraction of sp³-hybridized carbons (Fsp3) is 0.379. The predicted molar refractivity (Wildman–Crippen MR) is 141 cm³/mol. The first kappa shape index (κ1) is 23.8. The standard InChI is InChI=1S/C29H32N6O/c1-2-3-11-25-21-34(19-18-22-9-5-4-6-10-22)29(36)35(25)20-23-14-16-24(17-15-23)26-12-7-8-13-27(26)28-30-32-33-31-28/h1,7-8,12-17,21-22H,3-6,9-11,18-20H2,(H,30,31,32,33). The number of aromatic amines is 1. The van der Waals surface area contributed by atoms with E-state index in [0.29, 0.717) is 25.2 Å². The number of hydrogen-bond acceptors (Lipinski definition) is 4. The Hall–Kier alpha value is -3.92. The van der Waals surface area contributed by atoms with Crippen molar-refractivity contribution in [2.45, 2.75) is 64.5 Å². The molecule has 1 saturated carbocycles. The van der Waals surface area contributed by atoms with E-state index in [1.54, 1.807) is 0 Å². The summed E-state index contributed by atoms with van der Waals surface area (Å²) in [5.41, 5.74) is 5.15. The second-order valence-corrected chi connectivity index (χ2v) is 9.66. The van der Waals surface area contributed by atoms with Crippen LogP contribution in [-0.2, 0) is 19.5 Å². The molecule has 0 spiro atoms. The Labute approximate surface area is 211 Å². The maximum atomic E-state index is 13.3. The van der Waals surface area contributed by atoms with E-state index in [2.05, 4.69) is 56.9 Å². The lowest BCUT2D eigenvalue weighted by Crippen LogP contribution is -2.26. The van der Waals surface area contributed by atoms with Gasteiger partial charge in [0.25, 0.3) is 0 Å². The van der Waals surface area contributed by atoms with E-state index in [1.165, 1.54) is 32.1 Å². The van der Waals surface area contributed by atoms with Gasteiger partial charge in [-0.3, -0.25) is 9.13 Å². The third-order valence-corrected chi connectivity index (χ3v) is 7.28. The van der Waals surface area contributed by atoms with Crippen molar-refractivity contribution >= 4 is 0 Å². The number of aromatic nitrogens is 6. The fourth-order valence-corrected chi connectivity index (χ4v) is 5.29. The molecule has 0 aliphatic heterocycles. The summed E-state index contributed by atoms with van der Waals surface area (Å²) in [6, 6.07) is 16.3. The van der Waals surface area contributed by atoms with E-state index in [1.807, 2.05) is 33.5 Å². The van der Waals surface area contributed by atoms with Crippen molar-refractivity contribution in [1.82, 2.24) is 29.8 Å². The third kappa shape index (κ3) is 5.33. The van der Waals surface area contributed by atoms with Crippen LogP contribution >= 0.6 is 0 Å². The molecule has 0 saturated heterocycles. The maximum Gasteiger partial charge on any atom is 0.328 e. The number of nitrogens with one attached hydrogen (secondary N) is 1. The summed E-state index contributed by atoms with van der Waals surface area (Å²) < 4.78 is 3.79. The van der Waals surface area contributed by atoms with Gasteiger partial charge in [-0.1, -0.05) is 80.6 Å². The van der Waals surface area contributed by atoms with Crippen LogP contribution in [-0.4, -0.2) is 29.8 Å². The van der Waals surface area contributed by atoms with Gasteiger partial charge in [0.2, 0.25) is 5.82 Å². The van der Waals surface area contributed by atoms with E-state index >= 15 is 0 Å². The van der Waals surface area contributed by atoms with Gasteiger partial charge in [-0.25, -0.2) is 4.79 Å². The summed E-state index contributed by atoms with van der Waals surface area (Å²) in [4.78, 5) is 13.3. The summed E-state index contributed by atoms with van der Waals surface area (Å²) in [6.45, 7) is 1.31. The normalized spacial score (nSPS) is 14.1.